The highest BCUT2D eigenvalue weighted by Crippen LogP contribution is 2.22. The fourth-order valence-corrected chi connectivity index (χ4v) is 4.71. The van der Waals surface area contributed by atoms with Crippen LogP contribution < -0.4 is 10.2 Å². The molecule has 0 saturated heterocycles. The van der Waals surface area contributed by atoms with E-state index in [9.17, 15) is 13.2 Å². The maximum atomic E-state index is 13.4. The number of nitrogens with one attached hydrogen (secondary N) is 2. The number of pyridine rings is 1. The Morgan fingerprint density at radius 2 is 1.88 bits per heavy atom. The van der Waals surface area contributed by atoms with E-state index < -0.39 is 10.0 Å². The lowest BCUT2D eigenvalue weighted by Gasteiger charge is -2.06. The van der Waals surface area contributed by atoms with Crippen molar-refractivity contribution in [1.29, 1.82) is 0 Å². The van der Waals surface area contributed by atoms with Gasteiger partial charge in [-0.05, 0) is 29.1 Å². The van der Waals surface area contributed by atoms with E-state index in [-0.39, 0.29) is 17.7 Å². The Balaban J connectivity index is 1.54. The van der Waals surface area contributed by atoms with Crippen LogP contribution in [0, 0.1) is 0 Å². The van der Waals surface area contributed by atoms with Crippen LogP contribution in [0.15, 0.2) is 66.1 Å². The summed E-state index contributed by atoms with van der Waals surface area (Å²) in [6.45, 7) is 0.00507. The molecule has 2 aromatic carbocycles. The molecule has 166 valence electrons. The van der Waals surface area contributed by atoms with Crippen LogP contribution >= 0.6 is 0 Å². The largest absolute Gasteiger partial charge is 0.289 e. The van der Waals surface area contributed by atoms with Crippen molar-refractivity contribution < 1.29 is 8.42 Å². The lowest BCUT2D eigenvalue weighted by molar-refractivity contribution is 0.578. The van der Waals surface area contributed by atoms with Crippen molar-refractivity contribution in [3.8, 4) is 11.1 Å². The van der Waals surface area contributed by atoms with Crippen molar-refractivity contribution >= 4 is 31.7 Å². The number of aromatic amines is 1. The van der Waals surface area contributed by atoms with E-state index in [0.29, 0.717) is 33.1 Å². The third kappa shape index (κ3) is 4.36. The van der Waals surface area contributed by atoms with E-state index in [2.05, 4.69) is 30.0 Å². The normalized spacial score (nSPS) is 11.9. The second-order valence-electron chi connectivity index (χ2n) is 7.66. The van der Waals surface area contributed by atoms with Crippen LogP contribution in [-0.4, -0.2) is 38.4 Å². The van der Waals surface area contributed by atoms with Crippen molar-refractivity contribution in [2.45, 2.75) is 12.3 Å². The van der Waals surface area contributed by atoms with Gasteiger partial charge in [-0.1, -0.05) is 18.2 Å². The van der Waals surface area contributed by atoms with Gasteiger partial charge in [-0.2, -0.15) is 10.2 Å². The number of nitrogens with zero attached hydrogens (tertiary/aromatic N) is 5. The molecule has 0 radical (unpaired) electrons. The number of benzene rings is 1. The molecule has 10 nitrogen and oxygen atoms in total. The average molecular weight is 462 g/mol. The molecule has 0 aliphatic heterocycles. The maximum absolute atomic E-state index is 13.4. The first-order valence-corrected chi connectivity index (χ1v) is 11.7. The maximum Gasteiger partial charge on any atom is 0.216 e. The Bertz CT molecular complexity index is 1640. The van der Waals surface area contributed by atoms with E-state index in [0.717, 1.165) is 11.1 Å². The highest BCUT2D eigenvalue weighted by atomic mass is 32.2. The summed E-state index contributed by atoms with van der Waals surface area (Å²) in [5.41, 5.74) is 2.48. The Hall–Kier alpha value is -3.96. The van der Waals surface area contributed by atoms with Crippen molar-refractivity contribution in [2.75, 3.05) is 0 Å². The van der Waals surface area contributed by atoms with Gasteiger partial charge in [0.15, 0.2) is 5.43 Å². The molecular weight excluding hydrogens is 442 g/mol. The molecule has 11 heteroatoms. The number of hydrogen-bond donors (Lipinski definition) is 2. The minimum atomic E-state index is -3.65. The predicted octanol–water partition coefficient (Wildman–Crippen LogP) is 1.89. The molecule has 0 unspecified atom stereocenters. The summed E-state index contributed by atoms with van der Waals surface area (Å²) < 4.78 is 29.2. The summed E-state index contributed by atoms with van der Waals surface area (Å²) in [6.07, 6.45) is 6.58. The zero-order valence-corrected chi connectivity index (χ0v) is 18.4. The van der Waals surface area contributed by atoms with E-state index in [1.54, 1.807) is 47.4 Å². The van der Waals surface area contributed by atoms with E-state index in [1.165, 1.54) is 6.33 Å². The van der Waals surface area contributed by atoms with Crippen molar-refractivity contribution in [1.82, 2.24) is 34.7 Å². The molecule has 0 bridgehead atoms. The fraction of sp³-hybridized carbons (Fsp3) is 0.136. The van der Waals surface area contributed by atoms with Crippen LogP contribution in [0.5, 0.6) is 0 Å². The topological polar surface area (TPSA) is 136 Å². The molecule has 0 aliphatic rings. The van der Waals surface area contributed by atoms with Gasteiger partial charge in [0.2, 0.25) is 10.0 Å². The Labute approximate surface area is 188 Å². The molecule has 3 aromatic heterocycles. The molecular formula is C22H19N7O3S. The number of sulfonamides is 1. The third-order valence-electron chi connectivity index (χ3n) is 5.27. The summed E-state index contributed by atoms with van der Waals surface area (Å²) in [5.74, 6) is 0.140. The smallest absolute Gasteiger partial charge is 0.216 e. The number of aryl methyl sites for hydroxylation is 1. The molecule has 33 heavy (non-hydrogen) atoms. The summed E-state index contributed by atoms with van der Waals surface area (Å²) in [4.78, 5) is 21.8. The van der Waals surface area contributed by atoms with Gasteiger partial charge >= 0.3 is 0 Å². The first-order chi connectivity index (χ1) is 15.9. The zero-order chi connectivity index (χ0) is 23.0. The Morgan fingerprint density at radius 3 is 2.64 bits per heavy atom. The quantitative estimate of drug-likeness (QED) is 0.394. The van der Waals surface area contributed by atoms with Gasteiger partial charge in [-0.3, -0.25) is 19.6 Å². The van der Waals surface area contributed by atoms with Crippen LogP contribution in [-0.2, 0) is 29.4 Å². The monoisotopic (exact) mass is 461 g/mol. The lowest BCUT2D eigenvalue weighted by atomic mass is 10.1. The van der Waals surface area contributed by atoms with E-state index >= 15 is 0 Å². The summed E-state index contributed by atoms with van der Waals surface area (Å²) >= 11 is 0. The van der Waals surface area contributed by atoms with Crippen molar-refractivity contribution in [3.63, 3.8) is 0 Å². The molecule has 0 saturated carbocycles. The van der Waals surface area contributed by atoms with Crippen molar-refractivity contribution in [2.24, 2.45) is 7.05 Å². The summed E-state index contributed by atoms with van der Waals surface area (Å²) in [5, 5.41) is 12.1. The van der Waals surface area contributed by atoms with Crippen LogP contribution in [0.25, 0.3) is 32.8 Å². The lowest BCUT2D eigenvalue weighted by Crippen LogP contribution is -2.25. The first-order valence-electron chi connectivity index (χ1n) is 10.0. The molecule has 0 amide bonds. The summed E-state index contributed by atoms with van der Waals surface area (Å²) in [6, 6.07) is 10.5. The number of aromatic nitrogens is 6. The minimum absolute atomic E-state index is 0.00507. The minimum Gasteiger partial charge on any atom is -0.289 e. The number of rotatable bonds is 6. The van der Waals surface area contributed by atoms with Gasteiger partial charge in [0.1, 0.15) is 12.2 Å². The molecule has 0 atom stereocenters. The highest BCUT2D eigenvalue weighted by molar-refractivity contribution is 7.88. The number of hydrogen-bond acceptors (Lipinski definition) is 7. The molecule has 0 fully saturated rings. The molecule has 2 N–H and O–H groups in total. The predicted molar refractivity (Wildman–Crippen MR) is 124 cm³/mol. The Kier molecular flexibility index (Phi) is 5.19. The number of fused-ring (bicyclic) bond motifs is 2. The van der Waals surface area contributed by atoms with Gasteiger partial charge in [0, 0.05) is 41.3 Å². The van der Waals surface area contributed by atoms with E-state index in [1.807, 2.05) is 19.3 Å². The van der Waals surface area contributed by atoms with Crippen LogP contribution in [0.4, 0.5) is 0 Å². The van der Waals surface area contributed by atoms with Gasteiger partial charge in [-0.25, -0.2) is 18.1 Å². The SMILES string of the molecule is Cn1cc(-c2cnc3ccc4ccc(CS(=O)(=O)NCc5ncn[nH]5)cc4c(=O)c3c2)cn1. The molecule has 5 rings (SSSR count). The number of H-pyrrole nitrogens is 1. The Morgan fingerprint density at radius 1 is 1.03 bits per heavy atom. The van der Waals surface area contributed by atoms with E-state index in [4.69, 9.17) is 0 Å². The van der Waals surface area contributed by atoms with Crippen LogP contribution in [0.1, 0.15) is 11.4 Å². The molecule has 3 heterocycles. The zero-order valence-electron chi connectivity index (χ0n) is 17.6. The molecule has 0 spiro atoms. The standard InChI is InChI=1S/C22H19N7O3S/c1-29-11-17(9-26-29)16-7-19-20(23-8-16)5-4-15-3-2-14(6-18(15)22(19)30)12-33(31,32)27-10-21-24-13-25-28-21/h2-9,11,13,27H,10,12H2,1H3,(H,24,25,28). The van der Waals surface area contributed by atoms with Gasteiger partial charge in [0.25, 0.3) is 0 Å². The second-order valence-corrected chi connectivity index (χ2v) is 9.46. The fourth-order valence-electron chi connectivity index (χ4n) is 3.63. The first kappa shape index (κ1) is 20.9. The third-order valence-corrected chi connectivity index (χ3v) is 6.56. The average Bonchev–Trinajstić information content (AvgIpc) is 3.45. The molecule has 5 aromatic rings. The van der Waals surface area contributed by atoms with Gasteiger partial charge in [-0.15, -0.1) is 0 Å². The van der Waals surface area contributed by atoms with Crippen LogP contribution in [0.2, 0.25) is 0 Å². The second kappa shape index (κ2) is 8.19. The van der Waals surface area contributed by atoms with Crippen molar-refractivity contribution in [3.05, 3.63) is 82.9 Å². The van der Waals surface area contributed by atoms with Gasteiger partial charge in [0.05, 0.1) is 24.0 Å². The summed E-state index contributed by atoms with van der Waals surface area (Å²) in [7, 11) is -1.83. The van der Waals surface area contributed by atoms with Crippen LogP contribution in [0.3, 0.4) is 0 Å². The van der Waals surface area contributed by atoms with Gasteiger partial charge < -0.3 is 0 Å². The molecule has 0 aliphatic carbocycles. The highest BCUT2D eigenvalue weighted by Gasteiger charge is 2.14.